The number of ketones is 2. The summed E-state index contributed by atoms with van der Waals surface area (Å²) >= 11 is 0. The van der Waals surface area contributed by atoms with Crippen LogP contribution in [0.25, 0.3) is 28.9 Å². The number of fused-ring (bicyclic) bond motifs is 4. The van der Waals surface area contributed by atoms with E-state index >= 15 is 0 Å². The predicted octanol–water partition coefficient (Wildman–Crippen LogP) is 5.38. The second kappa shape index (κ2) is 8.53. The van der Waals surface area contributed by atoms with Crippen LogP contribution in [0.4, 0.5) is 5.69 Å². The summed E-state index contributed by atoms with van der Waals surface area (Å²) in [7, 11) is 0. The molecule has 6 rings (SSSR count). The third kappa shape index (κ3) is 3.41. The first-order valence-corrected chi connectivity index (χ1v) is 11.8. The van der Waals surface area contributed by atoms with Crippen molar-refractivity contribution in [2.75, 3.05) is 0 Å². The molecule has 0 saturated carbocycles. The molecule has 8 heteroatoms. The van der Waals surface area contributed by atoms with Gasteiger partial charge >= 0.3 is 0 Å². The van der Waals surface area contributed by atoms with Crippen LogP contribution in [-0.2, 0) is 6.54 Å². The second-order valence-electron chi connectivity index (χ2n) is 8.62. The highest BCUT2D eigenvalue weighted by molar-refractivity contribution is 6.31. The summed E-state index contributed by atoms with van der Waals surface area (Å²) in [6.45, 7) is 2.53. The van der Waals surface area contributed by atoms with E-state index < -0.39 is 4.92 Å². The SMILES string of the molecule is CC[n+]1c(/C=C/c2ccc([N+](=O)[O-])cc2)c2c3c(oc2n1-c1ccccc1)C(=O)c1ccccc1C3=O. The Morgan fingerprint density at radius 2 is 1.54 bits per heavy atom. The lowest BCUT2D eigenvalue weighted by atomic mass is 9.87. The van der Waals surface area contributed by atoms with Gasteiger partial charge in [0.15, 0.2) is 18.1 Å². The van der Waals surface area contributed by atoms with E-state index in [4.69, 9.17) is 4.42 Å². The molecule has 0 radical (unpaired) electrons. The van der Waals surface area contributed by atoms with Crippen molar-refractivity contribution in [1.82, 2.24) is 4.68 Å². The van der Waals surface area contributed by atoms with Crippen molar-refractivity contribution in [2.45, 2.75) is 13.5 Å². The maximum atomic E-state index is 13.7. The molecule has 0 fully saturated rings. The zero-order valence-corrected chi connectivity index (χ0v) is 19.8. The zero-order valence-electron chi connectivity index (χ0n) is 19.8. The Balaban J connectivity index is 1.62. The maximum absolute atomic E-state index is 13.7. The molecular formula is C29H20N3O5+. The lowest BCUT2D eigenvalue weighted by Gasteiger charge is -2.12. The number of carbonyl (C=O) groups is 2. The van der Waals surface area contributed by atoms with Crippen molar-refractivity contribution in [3.05, 3.63) is 123 Å². The number of non-ortho nitro benzene ring substituents is 1. The number of benzene rings is 3. The number of aromatic nitrogens is 2. The van der Waals surface area contributed by atoms with Crippen LogP contribution in [0.5, 0.6) is 0 Å². The number of hydrogen-bond acceptors (Lipinski definition) is 5. The van der Waals surface area contributed by atoms with Crippen molar-refractivity contribution in [3.63, 3.8) is 0 Å². The van der Waals surface area contributed by atoms with Crippen LogP contribution in [0.3, 0.4) is 0 Å². The van der Waals surface area contributed by atoms with Gasteiger partial charge in [-0.05, 0) is 42.8 Å². The first-order valence-electron chi connectivity index (χ1n) is 11.8. The number of nitro benzene ring substituents is 1. The van der Waals surface area contributed by atoms with Gasteiger partial charge in [0, 0.05) is 29.3 Å². The fraction of sp³-hybridized carbons (Fsp3) is 0.0690. The molecule has 0 N–H and O–H groups in total. The molecular weight excluding hydrogens is 470 g/mol. The topological polar surface area (TPSA) is 99.2 Å². The van der Waals surface area contributed by atoms with E-state index in [0.29, 0.717) is 34.5 Å². The minimum absolute atomic E-state index is 0.00470. The molecule has 2 aromatic heterocycles. The van der Waals surface area contributed by atoms with Gasteiger partial charge < -0.3 is 4.42 Å². The van der Waals surface area contributed by atoms with Gasteiger partial charge in [-0.3, -0.25) is 19.7 Å². The summed E-state index contributed by atoms with van der Waals surface area (Å²) in [4.78, 5) is 37.6. The largest absolute Gasteiger partial charge is 0.430 e. The molecule has 3 aromatic carbocycles. The number of nitro groups is 1. The van der Waals surface area contributed by atoms with Crippen LogP contribution in [0, 0.1) is 10.1 Å². The van der Waals surface area contributed by atoms with Gasteiger partial charge in [0.25, 0.3) is 11.4 Å². The Hall–Kier alpha value is -5.11. The molecule has 0 unspecified atom stereocenters. The minimum Gasteiger partial charge on any atom is -0.430 e. The predicted molar refractivity (Wildman–Crippen MR) is 137 cm³/mol. The molecule has 0 aliphatic heterocycles. The lowest BCUT2D eigenvalue weighted by molar-refractivity contribution is -0.763. The number of furan rings is 1. The normalized spacial score (nSPS) is 12.8. The Bertz CT molecular complexity index is 1760. The van der Waals surface area contributed by atoms with Gasteiger partial charge in [0.2, 0.25) is 11.5 Å². The first kappa shape index (κ1) is 22.4. The van der Waals surface area contributed by atoms with E-state index in [2.05, 4.69) is 0 Å². The molecule has 0 bridgehead atoms. The number of nitrogens with zero attached hydrogens (tertiary/aromatic N) is 3. The Labute approximate surface area is 210 Å². The Morgan fingerprint density at radius 3 is 2.19 bits per heavy atom. The summed E-state index contributed by atoms with van der Waals surface area (Å²) in [5.74, 6) is -0.552. The van der Waals surface area contributed by atoms with Crippen LogP contribution < -0.4 is 4.68 Å². The molecule has 37 heavy (non-hydrogen) atoms. The smallest absolute Gasteiger partial charge is 0.273 e. The molecule has 5 aromatic rings. The van der Waals surface area contributed by atoms with Crippen molar-refractivity contribution >= 4 is 40.5 Å². The van der Waals surface area contributed by atoms with Crippen LogP contribution >= 0.6 is 0 Å². The second-order valence-corrected chi connectivity index (χ2v) is 8.62. The summed E-state index contributed by atoms with van der Waals surface area (Å²) < 4.78 is 10.0. The number of para-hydroxylation sites is 1. The van der Waals surface area contributed by atoms with Crippen LogP contribution in [0.1, 0.15) is 50.2 Å². The van der Waals surface area contributed by atoms with Crippen LogP contribution in [0.15, 0.2) is 83.3 Å². The number of hydrogen-bond donors (Lipinski definition) is 0. The van der Waals surface area contributed by atoms with E-state index in [9.17, 15) is 19.7 Å². The molecule has 0 atom stereocenters. The first-order chi connectivity index (χ1) is 18.0. The standard InChI is InChI=1S/C29H20N3O5/c1-2-30-23(17-14-18-12-15-20(16-13-18)32(35)36)24-25-26(33)21-10-6-7-11-22(21)27(34)28(25)37-29(24)31(30)19-8-4-3-5-9-19/h3-17H,2H2,1H3/q+1/b17-14+. The molecule has 2 heterocycles. The van der Waals surface area contributed by atoms with Crippen LogP contribution in [-0.4, -0.2) is 21.2 Å². The maximum Gasteiger partial charge on any atom is 0.273 e. The summed E-state index contributed by atoms with van der Waals surface area (Å²) in [5.41, 5.74) is 3.58. The fourth-order valence-corrected chi connectivity index (χ4v) is 4.85. The quantitative estimate of drug-likeness (QED) is 0.183. The fourth-order valence-electron chi connectivity index (χ4n) is 4.85. The minimum atomic E-state index is -0.444. The van der Waals surface area contributed by atoms with Crippen LogP contribution in [0.2, 0.25) is 0 Å². The van der Waals surface area contributed by atoms with Gasteiger partial charge in [0.1, 0.15) is 11.1 Å². The van der Waals surface area contributed by atoms with Gasteiger partial charge in [-0.2, -0.15) is 0 Å². The van der Waals surface area contributed by atoms with E-state index in [0.717, 1.165) is 11.3 Å². The van der Waals surface area contributed by atoms with E-state index in [1.165, 1.54) is 12.1 Å². The zero-order chi connectivity index (χ0) is 25.7. The molecule has 0 amide bonds. The molecule has 1 aliphatic carbocycles. The third-order valence-electron chi connectivity index (χ3n) is 6.55. The summed E-state index contributed by atoms with van der Waals surface area (Å²) in [6.07, 6.45) is 3.67. The monoisotopic (exact) mass is 490 g/mol. The Morgan fingerprint density at radius 1 is 0.892 bits per heavy atom. The highest BCUT2D eigenvalue weighted by atomic mass is 16.6. The Kier molecular flexibility index (Phi) is 5.15. The van der Waals surface area contributed by atoms with E-state index in [1.54, 1.807) is 36.4 Å². The lowest BCUT2D eigenvalue weighted by Crippen LogP contribution is -2.43. The molecule has 180 valence electrons. The van der Waals surface area contributed by atoms with Gasteiger partial charge in [-0.15, -0.1) is 0 Å². The van der Waals surface area contributed by atoms with Gasteiger partial charge in [-0.1, -0.05) is 51.8 Å². The third-order valence-corrected chi connectivity index (χ3v) is 6.55. The summed E-state index contributed by atoms with van der Waals surface area (Å²) in [5, 5.41) is 11.6. The van der Waals surface area contributed by atoms with Crippen molar-refractivity contribution in [3.8, 4) is 5.69 Å². The van der Waals surface area contributed by atoms with E-state index in [-0.39, 0.29) is 28.6 Å². The molecule has 0 saturated heterocycles. The average molecular weight is 490 g/mol. The average Bonchev–Trinajstić information content (AvgIpc) is 3.46. The highest BCUT2D eigenvalue weighted by Gasteiger charge is 2.41. The van der Waals surface area contributed by atoms with Gasteiger partial charge in [-0.25, -0.2) is 0 Å². The summed E-state index contributed by atoms with van der Waals surface area (Å²) in [6, 6.07) is 22.5. The molecule has 0 spiro atoms. The van der Waals surface area contributed by atoms with Crippen molar-refractivity contribution < 1.29 is 23.6 Å². The van der Waals surface area contributed by atoms with Crippen molar-refractivity contribution in [1.29, 1.82) is 0 Å². The van der Waals surface area contributed by atoms with Crippen molar-refractivity contribution in [2.24, 2.45) is 0 Å². The highest BCUT2D eigenvalue weighted by Crippen LogP contribution is 2.37. The van der Waals surface area contributed by atoms with E-state index in [1.807, 2.05) is 58.8 Å². The van der Waals surface area contributed by atoms with Gasteiger partial charge in [0.05, 0.1) is 10.5 Å². The molecule has 8 nitrogen and oxygen atoms in total. The molecule has 1 aliphatic rings. The number of carbonyl (C=O) groups excluding carboxylic acids is 2. The number of rotatable bonds is 5.